The summed E-state index contributed by atoms with van der Waals surface area (Å²) in [4.78, 5) is 17.0. The van der Waals surface area contributed by atoms with E-state index in [-0.39, 0.29) is 0 Å². The zero-order valence-electron chi connectivity index (χ0n) is 19.7. The van der Waals surface area contributed by atoms with Crippen molar-refractivity contribution in [1.82, 2.24) is 15.3 Å². The van der Waals surface area contributed by atoms with Gasteiger partial charge in [-0.3, -0.25) is 0 Å². The molecule has 2 atom stereocenters. The predicted octanol–water partition coefficient (Wildman–Crippen LogP) is 3.73. The molecule has 1 aliphatic carbocycles. The van der Waals surface area contributed by atoms with Crippen molar-refractivity contribution >= 4 is 40.6 Å². The molecule has 0 radical (unpaired) electrons. The van der Waals surface area contributed by atoms with Gasteiger partial charge in [0, 0.05) is 57.1 Å². The summed E-state index contributed by atoms with van der Waals surface area (Å²) in [5.74, 6) is 3.90. The van der Waals surface area contributed by atoms with Crippen molar-refractivity contribution in [3.63, 3.8) is 0 Å². The standard InChI is InChI=1S/C25H35N7S/c1-18-14-19(2)17-32(16-18)23-15-22(27-24(28-23)29-25(33)26-20-8-9-20)31-12-10-30(11-13-31)21-6-4-3-5-7-21/h3-7,15,18-20H,8-14,16-17H2,1-2H3,(H2,26,27,28,29,33). The maximum absolute atomic E-state index is 5.52. The van der Waals surface area contributed by atoms with Crippen LogP contribution in [0.25, 0.3) is 0 Å². The fourth-order valence-electron chi connectivity index (χ4n) is 5.04. The normalized spacial score (nSPS) is 23.4. The number of nitrogens with one attached hydrogen (secondary N) is 2. The lowest BCUT2D eigenvalue weighted by atomic mass is 9.92. The third-order valence-electron chi connectivity index (χ3n) is 6.75. The molecule has 2 aliphatic heterocycles. The Balaban J connectivity index is 1.35. The van der Waals surface area contributed by atoms with E-state index in [2.05, 4.69) is 75.6 Å². The number of hydrogen-bond acceptors (Lipinski definition) is 6. The number of benzene rings is 1. The van der Waals surface area contributed by atoms with Crippen molar-refractivity contribution in [3.05, 3.63) is 36.4 Å². The number of hydrogen-bond donors (Lipinski definition) is 2. The van der Waals surface area contributed by atoms with Gasteiger partial charge in [0.05, 0.1) is 0 Å². The Morgan fingerprint density at radius 2 is 1.48 bits per heavy atom. The van der Waals surface area contributed by atoms with E-state index in [9.17, 15) is 0 Å². The fourth-order valence-corrected chi connectivity index (χ4v) is 5.29. The molecule has 1 aromatic heterocycles. The van der Waals surface area contributed by atoms with Crippen molar-refractivity contribution < 1.29 is 0 Å². The molecule has 0 bridgehead atoms. The number of piperazine rings is 1. The van der Waals surface area contributed by atoms with E-state index in [0.29, 0.717) is 28.9 Å². The molecule has 8 heteroatoms. The summed E-state index contributed by atoms with van der Waals surface area (Å²) in [5.41, 5.74) is 1.29. The van der Waals surface area contributed by atoms with Crippen LogP contribution in [0.5, 0.6) is 0 Å². The summed E-state index contributed by atoms with van der Waals surface area (Å²) < 4.78 is 0. The van der Waals surface area contributed by atoms with Gasteiger partial charge < -0.3 is 25.3 Å². The average molecular weight is 466 g/mol. The monoisotopic (exact) mass is 465 g/mol. The van der Waals surface area contributed by atoms with Gasteiger partial charge in [-0.1, -0.05) is 32.0 Å². The molecule has 2 unspecified atom stereocenters. The van der Waals surface area contributed by atoms with E-state index >= 15 is 0 Å². The number of thiocarbonyl (C=S) groups is 1. The Labute approximate surface area is 202 Å². The van der Waals surface area contributed by atoms with Gasteiger partial charge in [-0.05, 0) is 55.4 Å². The Morgan fingerprint density at radius 3 is 2.12 bits per heavy atom. The van der Waals surface area contributed by atoms with Crippen LogP contribution in [0.15, 0.2) is 36.4 Å². The van der Waals surface area contributed by atoms with Crippen LogP contribution in [-0.4, -0.2) is 60.4 Å². The highest BCUT2D eigenvalue weighted by atomic mass is 32.1. The van der Waals surface area contributed by atoms with Crippen LogP contribution in [-0.2, 0) is 0 Å². The van der Waals surface area contributed by atoms with Gasteiger partial charge >= 0.3 is 0 Å². The van der Waals surface area contributed by atoms with Crippen LogP contribution < -0.4 is 25.3 Å². The maximum Gasteiger partial charge on any atom is 0.232 e. The molecule has 3 fully saturated rings. The third kappa shape index (κ3) is 5.66. The van der Waals surface area contributed by atoms with Crippen molar-refractivity contribution in [2.24, 2.45) is 11.8 Å². The largest absolute Gasteiger partial charge is 0.368 e. The van der Waals surface area contributed by atoms with Crippen LogP contribution in [0.2, 0.25) is 0 Å². The second-order valence-electron chi connectivity index (χ2n) is 9.94. The van der Waals surface area contributed by atoms with E-state index in [1.165, 1.54) is 24.9 Å². The number of aromatic nitrogens is 2. The summed E-state index contributed by atoms with van der Waals surface area (Å²) in [6.07, 6.45) is 3.64. The summed E-state index contributed by atoms with van der Waals surface area (Å²) >= 11 is 5.52. The van der Waals surface area contributed by atoms with E-state index in [1.54, 1.807) is 0 Å². The second-order valence-corrected chi connectivity index (χ2v) is 10.3. The molecule has 7 nitrogen and oxygen atoms in total. The number of para-hydroxylation sites is 1. The minimum Gasteiger partial charge on any atom is -0.368 e. The van der Waals surface area contributed by atoms with E-state index in [1.807, 2.05) is 0 Å². The molecule has 1 aromatic carbocycles. The quantitative estimate of drug-likeness (QED) is 0.648. The lowest BCUT2D eigenvalue weighted by Crippen LogP contribution is -2.47. The van der Waals surface area contributed by atoms with Gasteiger partial charge in [0.2, 0.25) is 5.95 Å². The first-order valence-electron chi connectivity index (χ1n) is 12.3. The van der Waals surface area contributed by atoms with Crippen LogP contribution >= 0.6 is 12.2 Å². The van der Waals surface area contributed by atoms with Crippen molar-refractivity contribution in [1.29, 1.82) is 0 Å². The molecular weight excluding hydrogens is 430 g/mol. The van der Waals surface area contributed by atoms with Gasteiger partial charge in [0.1, 0.15) is 11.6 Å². The lowest BCUT2D eigenvalue weighted by Gasteiger charge is -2.38. The zero-order valence-corrected chi connectivity index (χ0v) is 20.5. The SMILES string of the molecule is CC1CC(C)CN(c2cc(N3CCN(c4ccccc4)CC3)nc(NC(=S)NC3CC3)n2)C1. The van der Waals surface area contributed by atoms with Crippen molar-refractivity contribution in [2.45, 2.75) is 39.2 Å². The highest BCUT2D eigenvalue weighted by Crippen LogP contribution is 2.29. The first kappa shape index (κ1) is 22.2. The van der Waals surface area contributed by atoms with E-state index in [0.717, 1.165) is 50.9 Å². The highest BCUT2D eigenvalue weighted by molar-refractivity contribution is 7.80. The Kier molecular flexibility index (Phi) is 6.53. The van der Waals surface area contributed by atoms with E-state index < -0.39 is 0 Å². The Morgan fingerprint density at radius 1 is 0.879 bits per heavy atom. The highest BCUT2D eigenvalue weighted by Gasteiger charge is 2.26. The first-order valence-corrected chi connectivity index (χ1v) is 12.7. The predicted molar refractivity (Wildman–Crippen MR) is 140 cm³/mol. The van der Waals surface area contributed by atoms with Gasteiger partial charge in [-0.15, -0.1) is 0 Å². The molecule has 33 heavy (non-hydrogen) atoms. The molecule has 1 saturated carbocycles. The Bertz CT molecular complexity index is 946. The lowest BCUT2D eigenvalue weighted by molar-refractivity contribution is 0.355. The number of rotatable bonds is 5. The van der Waals surface area contributed by atoms with E-state index in [4.69, 9.17) is 22.2 Å². The summed E-state index contributed by atoms with van der Waals surface area (Å²) in [6, 6.07) is 13.3. The average Bonchev–Trinajstić information content (AvgIpc) is 3.63. The van der Waals surface area contributed by atoms with Crippen LogP contribution in [0, 0.1) is 11.8 Å². The van der Waals surface area contributed by atoms with Crippen LogP contribution in [0.1, 0.15) is 33.1 Å². The van der Waals surface area contributed by atoms with Crippen LogP contribution in [0.3, 0.4) is 0 Å². The number of nitrogens with zero attached hydrogens (tertiary/aromatic N) is 5. The second kappa shape index (κ2) is 9.71. The minimum absolute atomic E-state index is 0.502. The third-order valence-corrected chi connectivity index (χ3v) is 6.97. The molecule has 3 heterocycles. The molecule has 2 saturated heterocycles. The molecule has 3 aliphatic rings. The summed E-state index contributed by atoms with van der Waals surface area (Å²) in [6.45, 7) is 10.6. The first-order chi connectivity index (χ1) is 16.0. The smallest absolute Gasteiger partial charge is 0.232 e. The number of piperidine rings is 1. The minimum atomic E-state index is 0.502. The van der Waals surface area contributed by atoms with Crippen molar-refractivity contribution in [2.75, 3.05) is 59.3 Å². The van der Waals surface area contributed by atoms with Gasteiger partial charge in [-0.2, -0.15) is 9.97 Å². The van der Waals surface area contributed by atoms with Gasteiger partial charge in [-0.25, -0.2) is 0 Å². The topological polar surface area (TPSA) is 59.6 Å². The summed E-state index contributed by atoms with van der Waals surface area (Å²) in [5, 5.41) is 7.23. The molecular formula is C25H35N7S. The molecule has 0 spiro atoms. The molecule has 0 amide bonds. The molecule has 5 rings (SSSR count). The summed E-state index contributed by atoms with van der Waals surface area (Å²) in [7, 11) is 0. The van der Waals surface area contributed by atoms with Crippen LogP contribution in [0.4, 0.5) is 23.3 Å². The molecule has 2 aromatic rings. The van der Waals surface area contributed by atoms with Crippen molar-refractivity contribution in [3.8, 4) is 0 Å². The molecule has 2 N–H and O–H groups in total. The van der Waals surface area contributed by atoms with Gasteiger partial charge in [0.25, 0.3) is 0 Å². The Hall–Kier alpha value is -2.61. The molecule has 176 valence electrons. The fraction of sp³-hybridized carbons (Fsp3) is 0.560. The zero-order chi connectivity index (χ0) is 22.8. The maximum atomic E-state index is 5.52. The van der Waals surface area contributed by atoms with Gasteiger partial charge in [0.15, 0.2) is 5.11 Å². The number of anilines is 4.